The van der Waals surface area contributed by atoms with Crippen molar-refractivity contribution in [2.24, 2.45) is 0 Å². The zero-order valence-corrected chi connectivity index (χ0v) is 17.0. The fourth-order valence-electron chi connectivity index (χ4n) is 3.23. The SMILES string of the molecule is O=C(c1cc(COc2cncc(Cl)c2)on1)N(Cc1ccncc1)CC1CCCO1. The Bertz CT molecular complexity index is 976. The van der Waals surface area contributed by atoms with Crippen LogP contribution in [0.4, 0.5) is 0 Å². The van der Waals surface area contributed by atoms with Crippen LogP contribution in [0.2, 0.25) is 5.02 Å². The quantitative estimate of drug-likeness (QED) is 0.542. The molecule has 0 bridgehead atoms. The molecule has 1 unspecified atom stereocenters. The number of carbonyl (C=O) groups excluding carboxylic acids is 1. The normalized spacial score (nSPS) is 15.8. The molecule has 4 heterocycles. The molecule has 8 nitrogen and oxygen atoms in total. The summed E-state index contributed by atoms with van der Waals surface area (Å²) in [5.41, 5.74) is 1.21. The van der Waals surface area contributed by atoms with E-state index in [0.717, 1.165) is 25.0 Å². The molecular formula is C21H21ClN4O4. The summed E-state index contributed by atoms with van der Waals surface area (Å²) in [6.07, 6.45) is 8.45. The smallest absolute Gasteiger partial charge is 0.276 e. The molecule has 156 valence electrons. The van der Waals surface area contributed by atoms with Gasteiger partial charge < -0.3 is 18.9 Å². The summed E-state index contributed by atoms with van der Waals surface area (Å²) in [5.74, 6) is 0.713. The van der Waals surface area contributed by atoms with Crippen molar-refractivity contribution in [1.82, 2.24) is 20.0 Å². The second-order valence-corrected chi connectivity index (χ2v) is 7.42. The molecule has 0 aromatic carbocycles. The lowest BCUT2D eigenvalue weighted by atomic mass is 10.2. The Kier molecular flexibility index (Phi) is 6.56. The number of ether oxygens (including phenoxy) is 2. The van der Waals surface area contributed by atoms with Gasteiger partial charge in [-0.25, -0.2) is 0 Å². The molecule has 1 fully saturated rings. The first-order valence-corrected chi connectivity index (χ1v) is 10.0. The molecule has 4 rings (SSSR count). The van der Waals surface area contributed by atoms with Crippen molar-refractivity contribution in [3.63, 3.8) is 0 Å². The summed E-state index contributed by atoms with van der Waals surface area (Å²) in [7, 11) is 0. The number of rotatable bonds is 8. The second-order valence-electron chi connectivity index (χ2n) is 6.98. The van der Waals surface area contributed by atoms with E-state index in [1.807, 2.05) is 12.1 Å². The van der Waals surface area contributed by atoms with Gasteiger partial charge in [0.05, 0.1) is 17.3 Å². The highest BCUT2D eigenvalue weighted by molar-refractivity contribution is 6.30. The van der Waals surface area contributed by atoms with Crippen molar-refractivity contribution < 1.29 is 18.8 Å². The molecule has 0 saturated carbocycles. The molecule has 30 heavy (non-hydrogen) atoms. The lowest BCUT2D eigenvalue weighted by molar-refractivity contribution is 0.0499. The molecule has 9 heteroatoms. The van der Waals surface area contributed by atoms with Crippen LogP contribution in [0, 0.1) is 0 Å². The summed E-state index contributed by atoms with van der Waals surface area (Å²) in [4.78, 5) is 22.9. The zero-order valence-electron chi connectivity index (χ0n) is 16.2. The van der Waals surface area contributed by atoms with Gasteiger partial charge in [-0.1, -0.05) is 16.8 Å². The van der Waals surface area contributed by atoms with Crippen LogP contribution in [0.3, 0.4) is 0 Å². The van der Waals surface area contributed by atoms with Crippen LogP contribution in [-0.2, 0) is 17.9 Å². The average molecular weight is 429 g/mol. The Balaban J connectivity index is 1.43. The number of hydrogen-bond acceptors (Lipinski definition) is 7. The van der Waals surface area contributed by atoms with Crippen LogP contribution >= 0.6 is 11.6 Å². The third kappa shape index (κ3) is 5.34. The van der Waals surface area contributed by atoms with Gasteiger partial charge in [-0.05, 0) is 30.5 Å². The van der Waals surface area contributed by atoms with Gasteiger partial charge in [0.25, 0.3) is 5.91 Å². The van der Waals surface area contributed by atoms with Crippen molar-refractivity contribution >= 4 is 17.5 Å². The molecule has 1 atom stereocenters. The van der Waals surface area contributed by atoms with E-state index < -0.39 is 0 Å². The lowest BCUT2D eigenvalue weighted by Gasteiger charge is -2.24. The maximum atomic E-state index is 13.1. The molecule has 0 N–H and O–H groups in total. The average Bonchev–Trinajstić information content (AvgIpc) is 3.44. The highest BCUT2D eigenvalue weighted by Gasteiger charge is 2.26. The van der Waals surface area contributed by atoms with E-state index in [-0.39, 0.29) is 24.3 Å². The van der Waals surface area contributed by atoms with Crippen molar-refractivity contribution in [2.45, 2.75) is 32.1 Å². The van der Waals surface area contributed by atoms with Gasteiger partial charge in [0.1, 0.15) is 12.4 Å². The van der Waals surface area contributed by atoms with Crippen LogP contribution in [-0.4, -0.2) is 45.2 Å². The third-order valence-electron chi connectivity index (χ3n) is 4.70. The molecule has 1 saturated heterocycles. The molecule has 0 aliphatic carbocycles. The fraction of sp³-hybridized carbons (Fsp3) is 0.333. The van der Waals surface area contributed by atoms with Crippen molar-refractivity contribution in [2.75, 3.05) is 13.2 Å². The minimum atomic E-state index is -0.221. The van der Waals surface area contributed by atoms with Gasteiger partial charge in [0.2, 0.25) is 0 Å². The fourth-order valence-corrected chi connectivity index (χ4v) is 3.40. The standard InChI is InChI=1S/C21H21ClN4O4/c22-16-8-18(11-24-10-16)29-14-19-9-20(25-30-19)21(27)26(13-17-2-1-7-28-17)12-15-3-5-23-6-4-15/h3-6,8-11,17H,1-2,7,12-14H2. The topological polar surface area (TPSA) is 90.6 Å². The van der Waals surface area contributed by atoms with Crippen LogP contribution in [0.5, 0.6) is 5.75 Å². The Morgan fingerprint density at radius 2 is 2.10 bits per heavy atom. The van der Waals surface area contributed by atoms with Crippen molar-refractivity contribution in [3.8, 4) is 5.75 Å². The summed E-state index contributed by atoms with van der Waals surface area (Å²) in [6.45, 7) is 1.77. The van der Waals surface area contributed by atoms with Crippen LogP contribution in [0.25, 0.3) is 0 Å². The first-order valence-electron chi connectivity index (χ1n) is 9.66. The number of hydrogen-bond donors (Lipinski definition) is 0. The molecule has 3 aromatic rings. The minimum absolute atomic E-state index is 0.0285. The number of pyridine rings is 2. The van der Waals surface area contributed by atoms with Gasteiger partial charge in [0, 0.05) is 50.4 Å². The third-order valence-corrected chi connectivity index (χ3v) is 4.90. The van der Waals surface area contributed by atoms with Gasteiger partial charge in [-0.2, -0.15) is 0 Å². The summed E-state index contributed by atoms with van der Waals surface area (Å²) in [6, 6.07) is 7.01. The van der Waals surface area contributed by atoms with Gasteiger partial charge in [-0.15, -0.1) is 0 Å². The van der Waals surface area contributed by atoms with Gasteiger partial charge >= 0.3 is 0 Å². The van der Waals surface area contributed by atoms with Crippen molar-refractivity contribution in [1.29, 1.82) is 0 Å². The highest BCUT2D eigenvalue weighted by atomic mass is 35.5. The second kappa shape index (κ2) is 9.69. The Labute approximate surface area is 178 Å². The molecule has 0 spiro atoms. The number of nitrogens with zero attached hydrogens (tertiary/aromatic N) is 4. The molecule has 0 radical (unpaired) electrons. The zero-order chi connectivity index (χ0) is 20.8. The number of carbonyl (C=O) groups is 1. The Morgan fingerprint density at radius 1 is 1.23 bits per heavy atom. The van der Waals surface area contributed by atoms with E-state index in [1.54, 1.807) is 35.6 Å². The molecule has 1 aliphatic heterocycles. The molecular weight excluding hydrogens is 408 g/mol. The minimum Gasteiger partial charge on any atom is -0.484 e. The van der Waals surface area contributed by atoms with E-state index in [2.05, 4.69) is 15.1 Å². The number of halogens is 1. The first-order chi connectivity index (χ1) is 14.7. The van der Waals surface area contributed by atoms with E-state index in [9.17, 15) is 4.79 Å². The van der Waals surface area contributed by atoms with E-state index in [4.69, 9.17) is 25.6 Å². The largest absolute Gasteiger partial charge is 0.484 e. The van der Waals surface area contributed by atoms with Gasteiger partial charge in [-0.3, -0.25) is 14.8 Å². The predicted molar refractivity (Wildman–Crippen MR) is 108 cm³/mol. The molecule has 1 aliphatic rings. The maximum absolute atomic E-state index is 13.1. The van der Waals surface area contributed by atoms with Crippen LogP contribution < -0.4 is 4.74 Å². The summed E-state index contributed by atoms with van der Waals surface area (Å²) >= 11 is 5.90. The Hall–Kier alpha value is -2.97. The highest BCUT2D eigenvalue weighted by Crippen LogP contribution is 2.19. The Morgan fingerprint density at radius 3 is 2.87 bits per heavy atom. The van der Waals surface area contributed by atoms with E-state index >= 15 is 0 Å². The van der Waals surface area contributed by atoms with Crippen LogP contribution in [0.1, 0.15) is 34.7 Å². The van der Waals surface area contributed by atoms with Crippen molar-refractivity contribution in [3.05, 3.63) is 71.1 Å². The van der Waals surface area contributed by atoms with E-state index in [0.29, 0.717) is 29.6 Å². The number of amides is 1. The first kappa shape index (κ1) is 20.3. The monoisotopic (exact) mass is 428 g/mol. The van der Waals surface area contributed by atoms with Gasteiger partial charge in [0.15, 0.2) is 11.5 Å². The van der Waals surface area contributed by atoms with Crippen LogP contribution in [0.15, 0.2) is 53.6 Å². The van der Waals surface area contributed by atoms with E-state index in [1.165, 1.54) is 6.20 Å². The maximum Gasteiger partial charge on any atom is 0.276 e. The predicted octanol–water partition coefficient (Wildman–Crippen LogP) is 3.52. The lowest BCUT2D eigenvalue weighted by Crippen LogP contribution is -2.37. The number of aromatic nitrogens is 3. The summed E-state index contributed by atoms with van der Waals surface area (Å²) < 4.78 is 16.6. The molecule has 1 amide bonds. The molecule has 3 aromatic heterocycles. The summed E-state index contributed by atoms with van der Waals surface area (Å²) in [5, 5.41) is 4.42.